The van der Waals surface area contributed by atoms with Crippen molar-refractivity contribution in [1.82, 2.24) is 4.98 Å². The predicted molar refractivity (Wildman–Crippen MR) is 252 cm³/mol. The number of nitrogen functional groups attached to an aromatic ring is 1. The first-order valence-corrected chi connectivity index (χ1v) is 21.3. The van der Waals surface area contributed by atoms with Crippen LogP contribution in [0.5, 0.6) is 11.6 Å². The third kappa shape index (κ3) is 12.5. The van der Waals surface area contributed by atoms with E-state index in [9.17, 15) is 0 Å². The van der Waals surface area contributed by atoms with Crippen molar-refractivity contribution in [2.75, 3.05) is 11.1 Å². The van der Waals surface area contributed by atoms with Crippen LogP contribution in [0.1, 0.15) is 66.5 Å². The Bertz CT molecular complexity index is 2260. The van der Waals surface area contributed by atoms with E-state index in [1.807, 2.05) is 167 Å². The summed E-state index contributed by atoms with van der Waals surface area (Å²) in [5.74, 6) is 1.46. The summed E-state index contributed by atoms with van der Waals surface area (Å²) in [6, 6.07) is 49.6. The first-order valence-electron chi connectivity index (χ1n) is 20.5. The van der Waals surface area contributed by atoms with E-state index in [1.54, 1.807) is 0 Å². The topological polar surface area (TPSA) is 106 Å². The van der Waals surface area contributed by atoms with E-state index < -0.39 is 0 Å². The molecule has 5 aromatic carbocycles. The molecule has 0 aliphatic carbocycles. The fourth-order valence-corrected chi connectivity index (χ4v) is 6.44. The van der Waals surface area contributed by atoms with Gasteiger partial charge in [0, 0.05) is 29.2 Å². The summed E-state index contributed by atoms with van der Waals surface area (Å²) in [5, 5.41) is 3.43. The highest BCUT2D eigenvalue weighted by molar-refractivity contribution is 9.10. The fraction of sp³-hybridized carbons (Fsp3) is 0.286. The van der Waals surface area contributed by atoms with E-state index in [4.69, 9.17) is 33.8 Å². The smallest absolute Gasteiger partial charge is 0.489 e. The Morgan fingerprint density at radius 3 is 1.48 bits per heavy atom. The predicted octanol–water partition coefficient (Wildman–Crippen LogP) is 10.3. The number of anilines is 3. The largest absolute Gasteiger partial charge is 0.494 e. The van der Waals surface area contributed by atoms with Crippen molar-refractivity contribution < 1.29 is 28.1 Å². The second kappa shape index (κ2) is 19.7. The van der Waals surface area contributed by atoms with Gasteiger partial charge < -0.3 is 39.1 Å². The molecule has 0 spiro atoms. The Kier molecular flexibility index (Phi) is 14.7. The van der Waals surface area contributed by atoms with Gasteiger partial charge in [0.25, 0.3) is 0 Å². The molecular formula is C49H56B2BrN3O6. The quantitative estimate of drug-likeness (QED) is 0.0790. The molecule has 2 fully saturated rings. The molecule has 0 bridgehead atoms. The van der Waals surface area contributed by atoms with Crippen molar-refractivity contribution in [3.8, 4) is 11.6 Å². The minimum atomic E-state index is -0.348. The van der Waals surface area contributed by atoms with Crippen molar-refractivity contribution in [1.29, 1.82) is 0 Å². The van der Waals surface area contributed by atoms with E-state index >= 15 is 0 Å². The van der Waals surface area contributed by atoms with Gasteiger partial charge in [-0.05, 0) is 136 Å². The van der Waals surface area contributed by atoms with E-state index in [1.165, 1.54) is 0 Å². The molecule has 61 heavy (non-hydrogen) atoms. The van der Waals surface area contributed by atoms with E-state index in [-0.39, 0.29) is 36.6 Å². The first-order chi connectivity index (χ1) is 29.0. The number of nitrogens with zero attached hydrogens (tertiary/aromatic N) is 1. The Balaban J connectivity index is 0.000000169. The molecule has 0 saturated carbocycles. The average Bonchev–Trinajstić information content (AvgIpc) is 3.60. The van der Waals surface area contributed by atoms with E-state index in [0.29, 0.717) is 19.1 Å². The molecule has 3 heterocycles. The number of benzene rings is 5. The lowest BCUT2D eigenvalue weighted by Gasteiger charge is -2.32. The molecule has 0 atom stereocenters. The van der Waals surface area contributed by atoms with Crippen molar-refractivity contribution in [3.63, 3.8) is 0 Å². The van der Waals surface area contributed by atoms with Gasteiger partial charge in [0.2, 0.25) is 5.88 Å². The number of hydrogen-bond donors (Lipinski definition) is 2. The van der Waals surface area contributed by atoms with Crippen LogP contribution in [0.15, 0.2) is 156 Å². The van der Waals surface area contributed by atoms with Crippen LogP contribution in [0.25, 0.3) is 0 Å². The number of rotatable bonds is 10. The lowest BCUT2D eigenvalue weighted by Crippen LogP contribution is -2.41. The third-order valence-corrected chi connectivity index (χ3v) is 11.6. The summed E-state index contributed by atoms with van der Waals surface area (Å²) >= 11 is 3.30. The second-order valence-electron chi connectivity index (χ2n) is 17.0. The maximum absolute atomic E-state index is 6.13. The highest BCUT2D eigenvalue weighted by Crippen LogP contribution is 2.37. The van der Waals surface area contributed by atoms with Crippen LogP contribution in [-0.4, -0.2) is 41.6 Å². The Morgan fingerprint density at radius 2 is 0.984 bits per heavy atom. The van der Waals surface area contributed by atoms with Gasteiger partial charge in [-0.2, -0.15) is 0 Å². The average molecular weight is 885 g/mol. The third-order valence-electron chi connectivity index (χ3n) is 11.2. The Hall–Kier alpha value is -5.10. The van der Waals surface area contributed by atoms with Crippen molar-refractivity contribution in [2.45, 2.75) is 91.0 Å². The van der Waals surface area contributed by atoms with Crippen molar-refractivity contribution in [2.24, 2.45) is 0 Å². The zero-order valence-corrected chi connectivity index (χ0v) is 37.9. The summed E-state index contributed by atoms with van der Waals surface area (Å²) in [7, 11) is -0.649. The maximum Gasteiger partial charge on any atom is 0.494 e. The molecule has 3 N–H and O–H groups in total. The van der Waals surface area contributed by atoms with Gasteiger partial charge in [0.05, 0.1) is 22.4 Å². The number of hydrogen-bond acceptors (Lipinski definition) is 9. The number of halogens is 1. The van der Waals surface area contributed by atoms with Gasteiger partial charge in [-0.15, -0.1) is 0 Å². The number of ether oxygens (including phenoxy) is 2. The molecular weight excluding hydrogens is 828 g/mol. The first kappa shape index (κ1) is 45.4. The second-order valence-corrected chi connectivity index (χ2v) is 17.8. The van der Waals surface area contributed by atoms with Gasteiger partial charge in [-0.25, -0.2) is 4.98 Å². The van der Waals surface area contributed by atoms with Crippen LogP contribution in [0.2, 0.25) is 0 Å². The Labute approximate surface area is 370 Å². The zero-order valence-electron chi connectivity index (χ0n) is 36.4. The summed E-state index contributed by atoms with van der Waals surface area (Å²) in [6.07, 6.45) is 0. The van der Waals surface area contributed by atoms with Gasteiger partial charge in [-0.1, -0.05) is 97.1 Å². The molecule has 2 aliphatic rings. The summed E-state index contributed by atoms with van der Waals surface area (Å²) in [6.45, 7) is 17.5. The van der Waals surface area contributed by atoms with Gasteiger partial charge in [0.15, 0.2) is 0 Å². The van der Waals surface area contributed by atoms with Crippen molar-refractivity contribution >= 4 is 58.2 Å². The maximum atomic E-state index is 6.13. The lowest BCUT2D eigenvalue weighted by molar-refractivity contribution is 0.00578. The van der Waals surface area contributed by atoms with Gasteiger partial charge in [0.1, 0.15) is 23.6 Å². The standard InChI is InChI=1S/C25H28BNO3.C12H18BNO2.C12H10BrNO/c1-24(2)25(3,4)30-26(29-24)20-13-15-21(16-14-20)27-22-11-8-12-23(17-22)28-18-19-9-6-5-7-10-19;1-11(2)12(3,4)16-13(15-11)9-5-7-10(14)8-6-9;13-11-7-4-8-12(14-11)15-9-10-5-2-1-3-6-10/h5-17,27H,18H2,1-4H3;5-8H,14H2,1-4H3;1-8H,9H2. The molecule has 2 saturated heterocycles. The van der Waals surface area contributed by atoms with Crippen LogP contribution >= 0.6 is 15.9 Å². The molecule has 8 rings (SSSR count). The van der Waals surface area contributed by atoms with Crippen LogP contribution in [-0.2, 0) is 31.8 Å². The minimum Gasteiger partial charge on any atom is -0.489 e. The molecule has 316 valence electrons. The summed E-state index contributed by atoms with van der Waals surface area (Å²) in [5.41, 5.74) is 11.4. The normalized spacial score (nSPS) is 16.7. The summed E-state index contributed by atoms with van der Waals surface area (Å²) in [4.78, 5) is 4.18. The fourth-order valence-electron chi connectivity index (χ4n) is 6.11. The highest BCUT2D eigenvalue weighted by Gasteiger charge is 2.52. The number of aromatic nitrogens is 1. The van der Waals surface area contributed by atoms with Crippen molar-refractivity contribution in [3.05, 3.63) is 167 Å². The molecule has 1 aromatic heterocycles. The number of pyridine rings is 1. The molecule has 12 heteroatoms. The molecule has 2 aliphatic heterocycles. The monoisotopic (exact) mass is 883 g/mol. The molecule has 0 radical (unpaired) electrons. The van der Waals surface area contributed by atoms with Crippen LogP contribution in [0, 0.1) is 0 Å². The highest BCUT2D eigenvalue weighted by atomic mass is 79.9. The minimum absolute atomic E-state index is 0.293. The van der Waals surface area contributed by atoms with Crippen LogP contribution in [0.3, 0.4) is 0 Å². The lowest BCUT2D eigenvalue weighted by atomic mass is 9.79. The van der Waals surface area contributed by atoms with E-state index in [2.05, 4.69) is 66.1 Å². The molecule has 0 unspecified atom stereocenters. The number of nitrogens with two attached hydrogens (primary N) is 1. The van der Waals surface area contributed by atoms with Gasteiger partial charge in [-0.3, -0.25) is 0 Å². The molecule has 6 aromatic rings. The van der Waals surface area contributed by atoms with Crippen LogP contribution < -0.4 is 31.4 Å². The van der Waals surface area contributed by atoms with Crippen LogP contribution in [0.4, 0.5) is 17.1 Å². The molecule has 0 amide bonds. The van der Waals surface area contributed by atoms with E-state index in [0.717, 1.165) is 49.5 Å². The zero-order chi connectivity index (χ0) is 43.7. The molecule has 9 nitrogen and oxygen atoms in total. The SMILES string of the molecule is Brc1cccc(OCc2ccccc2)n1.CC1(C)OB(c2ccc(N)cc2)OC1(C)C.CC1(C)OB(c2ccc(Nc3cccc(OCc4ccccc4)c3)cc2)OC1(C)C. The summed E-state index contributed by atoms with van der Waals surface area (Å²) < 4.78 is 36.4. The van der Waals surface area contributed by atoms with Gasteiger partial charge >= 0.3 is 14.2 Å². The Morgan fingerprint density at radius 1 is 0.525 bits per heavy atom. The number of nitrogens with one attached hydrogen (secondary N) is 1.